The number of carbonyl (C=O) groups excluding carboxylic acids is 2. The Bertz CT molecular complexity index is 691. The number of carbonyl (C=O) groups is 2. The second-order valence-corrected chi connectivity index (χ2v) is 6.20. The van der Waals surface area contributed by atoms with Crippen molar-refractivity contribution in [2.24, 2.45) is 5.92 Å². The lowest BCUT2D eigenvalue weighted by molar-refractivity contribution is -0.126. The maximum absolute atomic E-state index is 13.2. The molecule has 1 unspecified atom stereocenters. The van der Waals surface area contributed by atoms with Crippen LogP contribution in [0, 0.1) is 17.6 Å². The Kier molecular flexibility index (Phi) is 4.70. The first-order valence-corrected chi connectivity index (χ1v) is 7.43. The van der Waals surface area contributed by atoms with Crippen LogP contribution in [-0.2, 0) is 9.59 Å². The van der Waals surface area contributed by atoms with Gasteiger partial charge in [-0.15, -0.1) is 0 Å². The number of aromatic nitrogens is 1. The zero-order valence-electron chi connectivity index (χ0n) is 12.2. The first kappa shape index (κ1) is 16.3. The molecule has 0 aliphatic rings. The molecule has 118 valence electrons. The van der Waals surface area contributed by atoms with E-state index in [4.69, 9.17) is 0 Å². The van der Waals surface area contributed by atoms with Crippen LogP contribution in [0.5, 0.6) is 0 Å². The molecule has 8 heteroatoms. The molecule has 1 aromatic heterocycles. The van der Waals surface area contributed by atoms with Gasteiger partial charge in [0.05, 0.1) is 10.2 Å². The Morgan fingerprint density at radius 3 is 2.45 bits per heavy atom. The van der Waals surface area contributed by atoms with Crippen LogP contribution in [0.1, 0.15) is 20.8 Å². The van der Waals surface area contributed by atoms with Crippen molar-refractivity contribution in [3.8, 4) is 0 Å². The maximum atomic E-state index is 13.2. The second kappa shape index (κ2) is 6.35. The number of thiazole rings is 1. The molecule has 2 N–H and O–H groups in total. The summed E-state index contributed by atoms with van der Waals surface area (Å²) >= 11 is 1.03. The van der Waals surface area contributed by atoms with Crippen LogP contribution < -0.4 is 10.6 Å². The van der Waals surface area contributed by atoms with Crippen LogP contribution in [0.15, 0.2) is 12.1 Å². The van der Waals surface area contributed by atoms with E-state index >= 15 is 0 Å². The number of hydrogen-bond donors (Lipinski definition) is 2. The van der Waals surface area contributed by atoms with Gasteiger partial charge in [-0.3, -0.25) is 9.59 Å². The summed E-state index contributed by atoms with van der Waals surface area (Å²) < 4.78 is 26.7. The van der Waals surface area contributed by atoms with Crippen molar-refractivity contribution in [3.63, 3.8) is 0 Å². The summed E-state index contributed by atoms with van der Waals surface area (Å²) in [7, 11) is 0. The number of hydrogen-bond acceptors (Lipinski definition) is 4. The maximum Gasteiger partial charge on any atom is 0.248 e. The molecule has 22 heavy (non-hydrogen) atoms. The fourth-order valence-electron chi connectivity index (χ4n) is 1.91. The van der Waals surface area contributed by atoms with Crippen molar-refractivity contribution in [2.75, 3.05) is 5.32 Å². The number of halogens is 2. The van der Waals surface area contributed by atoms with Gasteiger partial charge in [0.25, 0.3) is 0 Å². The molecular formula is C14H15F2N3O2S. The predicted octanol–water partition coefficient (Wildman–Crippen LogP) is 2.67. The Morgan fingerprint density at radius 2 is 1.86 bits per heavy atom. The highest BCUT2D eigenvalue weighted by molar-refractivity contribution is 7.22. The highest BCUT2D eigenvalue weighted by Gasteiger charge is 2.24. The lowest BCUT2D eigenvalue weighted by atomic mass is 10.0. The molecule has 0 saturated heterocycles. The molecule has 0 fully saturated rings. The summed E-state index contributed by atoms with van der Waals surface area (Å²) in [6, 6.07) is 1.30. The molecule has 1 atom stereocenters. The largest absolute Gasteiger partial charge is 0.344 e. The quantitative estimate of drug-likeness (QED) is 0.907. The third-order valence-electron chi connectivity index (χ3n) is 2.97. The van der Waals surface area contributed by atoms with Crippen LogP contribution in [0.3, 0.4) is 0 Å². The van der Waals surface area contributed by atoms with Crippen molar-refractivity contribution in [1.82, 2.24) is 10.3 Å². The summed E-state index contributed by atoms with van der Waals surface area (Å²) in [5.41, 5.74) is 0.264. The molecule has 2 rings (SSSR count). The molecule has 2 amide bonds. The van der Waals surface area contributed by atoms with E-state index in [0.717, 1.165) is 23.5 Å². The fourth-order valence-corrected chi connectivity index (χ4v) is 2.79. The number of amides is 2. The van der Waals surface area contributed by atoms with E-state index in [1.165, 1.54) is 6.92 Å². The molecule has 0 aliphatic heterocycles. The van der Waals surface area contributed by atoms with E-state index in [0.29, 0.717) is 4.70 Å². The summed E-state index contributed by atoms with van der Waals surface area (Å²) in [5.74, 6) is -2.82. The van der Waals surface area contributed by atoms with Gasteiger partial charge in [-0.2, -0.15) is 0 Å². The Balaban J connectivity index is 2.22. The van der Waals surface area contributed by atoms with E-state index in [-0.39, 0.29) is 22.5 Å². The number of nitrogens with one attached hydrogen (secondary N) is 2. The zero-order chi connectivity index (χ0) is 16.4. The normalized spacial score (nSPS) is 12.5. The van der Waals surface area contributed by atoms with Gasteiger partial charge in [0.15, 0.2) is 16.8 Å². The van der Waals surface area contributed by atoms with E-state index in [1.54, 1.807) is 13.8 Å². The lowest BCUT2D eigenvalue weighted by Crippen LogP contribution is -2.46. The lowest BCUT2D eigenvalue weighted by Gasteiger charge is -2.19. The SMILES string of the molecule is CC(=O)NC(C(=O)Nc1nc2cc(F)c(F)cc2s1)C(C)C. The molecule has 2 aromatic rings. The van der Waals surface area contributed by atoms with E-state index in [1.807, 2.05) is 0 Å². The third kappa shape index (κ3) is 3.56. The van der Waals surface area contributed by atoms with Crippen molar-refractivity contribution >= 4 is 38.5 Å². The van der Waals surface area contributed by atoms with Crippen molar-refractivity contribution in [3.05, 3.63) is 23.8 Å². The van der Waals surface area contributed by atoms with Crippen LogP contribution in [0.2, 0.25) is 0 Å². The van der Waals surface area contributed by atoms with Crippen LogP contribution in [-0.4, -0.2) is 22.8 Å². The minimum absolute atomic E-state index is 0.117. The number of nitrogens with zero attached hydrogens (tertiary/aromatic N) is 1. The van der Waals surface area contributed by atoms with Gasteiger partial charge < -0.3 is 10.6 Å². The zero-order valence-corrected chi connectivity index (χ0v) is 13.1. The number of benzene rings is 1. The van der Waals surface area contributed by atoms with Crippen LogP contribution >= 0.6 is 11.3 Å². The average molecular weight is 327 g/mol. The minimum atomic E-state index is -0.992. The molecule has 0 aliphatic carbocycles. The average Bonchev–Trinajstić information content (AvgIpc) is 2.77. The summed E-state index contributed by atoms with van der Waals surface area (Å²) in [4.78, 5) is 27.4. The van der Waals surface area contributed by atoms with Gasteiger partial charge >= 0.3 is 0 Å². The monoisotopic (exact) mass is 327 g/mol. The first-order chi connectivity index (χ1) is 10.3. The van der Waals surface area contributed by atoms with Crippen molar-refractivity contribution < 1.29 is 18.4 Å². The van der Waals surface area contributed by atoms with Crippen LogP contribution in [0.25, 0.3) is 10.2 Å². The number of anilines is 1. The Hall–Kier alpha value is -2.09. The van der Waals surface area contributed by atoms with Crippen molar-refractivity contribution in [1.29, 1.82) is 0 Å². The molecule has 0 spiro atoms. The van der Waals surface area contributed by atoms with Crippen molar-refractivity contribution in [2.45, 2.75) is 26.8 Å². The first-order valence-electron chi connectivity index (χ1n) is 6.61. The van der Waals surface area contributed by atoms with Gasteiger partial charge in [0, 0.05) is 13.0 Å². The van der Waals surface area contributed by atoms with Crippen LogP contribution in [0.4, 0.5) is 13.9 Å². The fraction of sp³-hybridized carbons (Fsp3) is 0.357. The summed E-state index contributed by atoms with van der Waals surface area (Å²) in [6.07, 6.45) is 0. The van der Waals surface area contributed by atoms with Gasteiger partial charge in [-0.1, -0.05) is 25.2 Å². The standard InChI is InChI=1S/C14H15F2N3O2S/c1-6(2)12(17-7(3)20)13(21)19-14-18-10-4-8(15)9(16)5-11(10)22-14/h4-6,12H,1-3H3,(H,17,20)(H,18,19,21). The molecule has 5 nitrogen and oxygen atoms in total. The summed E-state index contributed by atoms with van der Waals surface area (Å²) in [5, 5.41) is 5.35. The highest BCUT2D eigenvalue weighted by atomic mass is 32.1. The molecular weight excluding hydrogens is 312 g/mol. The Labute approximate surface area is 129 Å². The number of fused-ring (bicyclic) bond motifs is 1. The van der Waals surface area contributed by atoms with Gasteiger partial charge in [0.1, 0.15) is 6.04 Å². The molecule has 1 heterocycles. The Morgan fingerprint density at radius 1 is 1.23 bits per heavy atom. The topological polar surface area (TPSA) is 71.1 Å². The van der Waals surface area contributed by atoms with E-state index in [9.17, 15) is 18.4 Å². The number of rotatable bonds is 4. The molecule has 0 saturated carbocycles. The summed E-state index contributed by atoms with van der Waals surface area (Å²) in [6.45, 7) is 4.92. The third-order valence-corrected chi connectivity index (χ3v) is 3.90. The van der Waals surface area contributed by atoms with Gasteiger partial charge in [-0.25, -0.2) is 13.8 Å². The van der Waals surface area contributed by atoms with Gasteiger partial charge in [0.2, 0.25) is 11.8 Å². The second-order valence-electron chi connectivity index (χ2n) is 5.16. The molecule has 1 aromatic carbocycles. The minimum Gasteiger partial charge on any atom is -0.344 e. The van der Waals surface area contributed by atoms with E-state index < -0.39 is 23.6 Å². The smallest absolute Gasteiger partial charge is 0.248 e. The molecule has 0 bridgehead atoms. The van der Waals surface area contributed by atoms with Gasteiger partial charge in [-0.05, 0) is 12.0 Å². The highest BCUT2D eigenvalue weighted by Crippen LogP contribution is 2.28. The molecule has 0 radical (unpaired) electrons. The predicted molar refractivity (Wildman–Crippen MR) is 80.6 cm³/mol. The van der Waals surface area contributed by atoms with E-state index in [2.05, 4.69) is 15.6 Å².